The lowest BCUT2D eigenvalue weighted by Crippen LogP contribution is -2.47. The molecule has 6 heteroatoms. The molecule has 5 nitrogen and oxygen atoms in total. The summed E-state index contributed by atoms with van der Waals surface area (Å²) >= 11 is 0. The highest BCUT2D eigenvalue weighted by Gasteiger charge is 2.19. The van der Waals surface area contributed by atoms with E-state index < -0.39 is 0 Å². The molecule has 3 aromatic rings. The van der Waals surface area contributed by atoms with Crippen LogP contribution in [0.15, 0.2) is 60.7 Å². The maximum atomic E-state index is 13.8. The van der Waals surface area contributed by atoms with Crippen LogP contribution in [0.25, 0.3) is 0 Å². The Morgan fingerprint density at radius 3 is 2.34 bits per heavy atom. The first-order valence-corrected chi connectivity index (χ1v) is 10.1. The lowest BCUT2D eigenvalue weighted by Gasteiger charge is -2.36. The Morgan fingerprint density at radius 2 is 1.59 bits per heavy atom. The Labute approximate surface area is 171 Å². The fourth-order valence-corrected chi connectivity index (χ4v) is 3.61. The number of aromatic nitrogens is 2. The van der Waals surface area contributed by atoms with Crippen molar-refractivity contribution in [3.63, 3.8) is 0 Å². The van der Waals surface area contributed by atoms with Crippen molar-refractivity contribution in [3.05, 3.63) is 77.7 Å². The second-order valence-corrected chi connectivity index (χ2v) is 7.27. The predicted molar refractivity (Wildman–Crippen MR) is 116 cm³/mol. The van der Waals surface area contributed by atoms with Gasteiger partial charge in [0.1, 0.15) is 11.6 Å². The zero-order valence-electron chi connectivity index (χ0n) is 16.7. The van der Waals surface area contributed by atoms with Gasteiger partial charge in [0.05, 0.1) is 0 Å². The molecule has 1 aliphatic rings. The molecular formula is C23H26FN5. The van der Waals surface area contributed by atoms with Crippen LogP contribution >= 0.6 is 0 Å². The van der Waals surface area contributed by atoms with Gasteiger partial charge < -0.3 is 15.1 Å². The molecular weight excluding hydrogens is 365 g/mol. The number of halogens is 1. The summed E-state index contributed by atoms with van der Waals surface area (Å²) in [6.45, 7) is 6.25. The molecule has 0 amide bonds. The molecule has 2 heterocycles. The topological polar surface area (TPSA) is 44.3 Å². The molecule has 1 aromatic heterocycles. The molecule has 29 heavy (non-hydrogen) atoms. The van der Waals surface area contributed by atoms with Crippen molar-refractivity contribution < 1.29 is 4.39 Å². The van der Waals surface area contributed by atoms with Gasteiger partial charge in [-0.15, -0.1) is 0 Å². The van der Waals surface area contributed by atoms with E-state index in [0.717, 1.165) is 43.6 Å². The van der Waals surface area contributed by atoms with Gasteiger partial charge in [0.15, 0.2) is 0 Å². The molecule has 4 rings (SSSR count). The first-order chi connectivity index (χ1) is 14.2. The van der Waals surface area contributed by atoms with Gasteiger partial charge >= 0.3 is 0 Å². The van der Waals surface area contributed by atoms with Crippen molar-refractivity contribution in [1.29, 1.82) is 0 Å². The van der Waals surface area contributed by atoms with Gasteiger partial charge in [-0.1, -0.05) is 36.4 Å². The summed E-state index contributed by atoms with van der Waals surface area (Å²) in [4.78, 5) is 14.0. The largest absolute Gasteiger partial charge is 0.370 e. The lowest BCUT2D eigenvalue weighted by molar-refractivity contribution is 0.610. The molecule has 0 unspecified atom stereocenters. The van der Waals surface area contributed by atoms with E-state index >= 15 is 0 Å². The molecule has 2 aromatic carbocycles. The van der Waals surface area contributed by atoms with Crippen LogP contribution in [0.2, 0.25) is 0 Å². The fourth-order valence-electron chi connectivity index (χ4n) is 3.61. The highest BCUT2D eigenvalue weighted by molar-refractivity contribution is 5.49. The summed E-state index contributed by atoms with van der Waals surface area (Å²) in [7, 11) is 0. The van der Waals surface area contributed by atoms with Crippen molar-refractivity contribution >= 4 is 17.5 Å². The third kappa shape index (κ3) is 4.83. The van der Waals surface area contributed by atoms with Gasteiger partial charge in [-0.05, 0) is 37.1 Å². The second-order valence-electron chi connectivity index (χ2n) is 7.27. The predicted octanol–water partition coefficient (Wildman–Crippen LogP) is 3.91. The molecule has 0 saturated carbocycles. The quantitative estimate of drug-likeness (QED) is 0.690. The molecule has 0 radical (unpaired) electrons. The van der Waals surface area contributed by atoms with Crippen molar-refractivity contribution in [3.8, 4) is 0 Å². The number of aryl methyl sites for hydroxylation is 1. The summed E-state index contributed by atoms with van der Waals surface area (Å²) in [5.41, 5.74) is 2.89. The highest BCUT2D eigenvalue weighted by atomic mass is 19.1. The number of nitrogens with zero attached hydrogens (tertiary/aromatic N) is 4. The number of anilines is 3. The van der Waals surface area contributed by atoms with E-state index in [1.807, 2.05) is 31.2 Å². The summed E-state index contributed by atoms with van der Waals surface area (Å²) in [6.07, 6.45) is 0.612. The number of piperazine rings is 1. The van der Waals surface area contributed by atoms with Crippen molar-refractivity contribution in [2.24, 2.45) is 0 Å². The van der Waals surface area contributed by atoms with Gasteiger partial charge in [-0.2, -0.15) is 4.98 Å². The molecule has 1 aliphatic heterocycles. The number of hydrogen-bond acceptors (Lipinski definition) is 5. The Hall–Kier alpha value is -3.15. The SMILES string of the molecule is Cc1cc(NCCc2ccccc2F)nc(N2CCN(c3ccccc3)CC2)n1. The molecule has 1 fully saturated rings. The van der Waals surface area contributed by atoms with E-state index in [4.69, 9.17) is 4.98 Å². The van der Waals surface area contributed by atoms with E-state index in [-0.39, 0.29) is 5.82 Å². The van der Waals surface area contributed by atoms with Crippen LogP contribution < -0.4 is 15.1 Å². The van der Waals surface area contributed by atoms with Gasteiger partial charge in [0, 0.05) is 50.2 Å². The number of hydrogen-bond donors (Lipinski definition) is 1. The maximum Gasteiger partial charge on any atom is 0.227 e. The van der Waals surface area contributed by atoms with Crippen LogP contribution in [0, 0.1) is 12.7 Å². The third-order valence-electron chi connectivity index (χ3n) is 5.18. The Balaban J connectivity index is 1.36. The molecule has 0 bridgehead atoms. The minimum Gasteiger partial charge on any atom is -0.370 e. The van der Waals surface area contributed by atoms with Crippen LogP contribution in [-0.2, 0) is 6.42 Å². The van der Waals surface area contributed by atoms with Crippen LogP contribution in [0.3, 0.4) is 0 Å². The first-order valence-electron chi connectivity index (χ1n) is 10.1. The van der Waals surface area contributed by atoms with E-state index in [1.54, 1.807) is 6.07 Å². The minimum absolute atomic E-state index is 0.162. The van der Waals surface area contributed by atoms with Crippen LogP contribution in [-0.4, -0.2) is 42.7 Å². The third-order valence-corrected chi connectivity index (χ3v) is 5.18. The fraction of sp³-hybridized carbons (Fsp3) is 0.304. The molecule has 0 aliphatic carbocycles. The molecule has 1 saturated heterocycles. The monoisotopic (exact) mass is 391 g/mol. The van der Waals surface area contributed by atoms with Gasteiger partial charge in [0.25, 0.3) is 0 Å². The molecule has 150 valence electrons. The Kier molecular flexibility index (Phi) is 5.89. The zero-order chi connectivity index (χ0) is 20.1. The van der Waals surface area contributed by atoms with Crippen LogP contribution in [0.1, 0.15) is 11.3 Å². The molecule has 0 spiro atoms. The maximum absolute atomic E-state index is 13.8. The molecule has 0 atom stereocenters. The van der Waals surface area contributed by atoms with Crippen molar-refractivity contribution in [2.45, 2.75) is 13.3 Å². The summed E-state index contributed by atoms with van der Waals surface area (Å²) < 4.78 is 13.8. The summed E-state index contributed by atoms with van der Waals surface area (Å²) in [5.74, 6) is 1.38. The normalized spacial score (nSPS) is 14.1. The van der Waals surface area contributed by atoms with Crippen molar-refractivity contribution in [1.82, 2.24) is 9.97 Å². The smallest absolute Gasteiger partial charge is 0.227 e. The average Bonchev–Trinajstić information content (AvgIpc) is 2.75. The Bertz CT molecular complexity index is 939. The van der Waals surface area contributed by atoms with E-state index in [0.29, 0.717) is 18.5 Å². The van der Waals surface area contributed by atoms with Gasteiger partial charge in [0.2, 0.25) is 5.95 Å². The van der Waals surface area contributed by atoms with Crippen LogP contribution in [0.5, 0.6) is 0 Å². The van der Waals surface area contributed by atoms with Crippen molar-refractivity contribution in [2.75, 3.05) is 47.8 Å². The van der Waals surface area contributed by atoms with E-state index in [1.165, 1.54) is 11.8 Å². The summed E-state index contributed by atoms with van der Waals surface area (Å²) in [5, 5.41) is 3.32. The standard InChI is InChI=1S/C23H26FN5/c1-18-17-22(25-12-11-19-7-5-6-10-21(19)24)27-23(26-18)29-15-13-28(14-16-29)20-8-3-2-4-9-20/h2-10,17H,11-16H2,1H3,(H,25,26,27). The highest BCUT2D eigenvalue weighted by Crippen LogP contribution is 2.19. The first kappa shape index (κ1) is 19.2. The van der Waals surface area contributed by atoms with E-state index in [9.17, 15) is 4.39 Å². The van der Waals surface area contributed by atoms with E-state index in [2.05, 4.69) is 44.4 Å². The van der Waals surface area contributed by atoms with Gasteiger partial charge in [-0.3, -0.25) is 0 Å². The van der Waals surface area contributed by atoms with Gasteiger partial charge in [-0.25, -0.2) is 9.37 Å². The average molecular weight is 391 g/mol. The zero-order valence-corrected chi connectivity index (χ0v) is 16.7. The number of para-hydroxylation sites is 1. The number of nitrogens with one attached hydrogen (secondary N) is 1. The van der Waals surface area contributed by atoms with Crippen LogP contribution in [0.4, 0.5) is 21.8 Å². The Morgan fingerprint density at radius 1 is 0.897 bits per heavy atom. The minimum atomic E-state index is -0.162. The lowest BCUT2D eigenvalue weighted by atomic mass is 10.1. The number of rotatable bonds is 6. The molecule has 1 N–H and O–H groups in total. The second kappa shape index (κ2) is 8.90. The number of benzene rings is 2. The summed E-state index contributed by atoms with van der Waals surface area (Å²) in [6, 6.07) is 19.3.